The molecule has 0 aliphatic carbocycles. The summed E-state index contributed by atoms with van der Waals surface area (Å²) >= 11 is 0. The normalized spacial score (nSPS) is 10.7. The molecule has 19 heavy (non-hydrogen) atoms. The van der Waals surface area contributed by atoms with E-state index in [0.29, 0.717) is 30.6 Å². The van der Waals surface area contributed by atoms with Gasteiger partial charge in [0.15, 0.2) is 5.76 Å². The van der Waals surface area contributed by atoms with Gasteiger partial charge in [0, 0.05) is 5.39 Å². The molecular weight excluding hydrogens is 242 g/mol. The van der Waals surface area contributed by atoms with Crippen LogP contribution in [0.2, 0.25) is 0 Å². The standard InChI is InChI=1S/C14H11N3O2/c1-2-7-15-9-13-16-14(17-19-13)12-8-10-5-3-4-6-11(10)18-12/h1,3-6,8,15H,7,9H2. The Morgan fingerprint density at radius 3 is 3.05 bits per heavy atom. The van der Waals surface area contributed by atoms with E-state index < -0.39 is 0 Å². The minimum absolute atomic E-state index is 0.439. The van der Waals surface area contributed by atoms with Gasteiger partial charge in [-0.3, -0.25) is 5.32 Å². The molecule has 0 saturated carbocycles. The number of hydrogen-bond acceptors (Lipinski definition) is 5. The fraction of sp³-hybridized carbons (Fsp3) is 0.143. The second kappa shape index (κ2) is 4.96. The van der Waals surface area contributed by atoms with Crippen LogP contribution in [0.3, 0.4) is 0 Å². The summed E-state index contributed by atoms with van der Waals surface area (Å²) in [5, 5.41) is 7.88. The first-order valence-corrected chi connectivity index (χ1v) is 5.82. The maximum atomic E-state index is 5.66. The monoisotopic (exact) mass is 253 g/mol. The number of aromatic nitrogens is 2. The van der Waals surface area contributed by atoms with Gasteiger partial charge in [0.1, 0.15) is 5.58 Å². The fourth-order valence-electron chi connectivity index (χ4n) is 1.76. The summed E-state index contributed by atoms with van der Waals surface area (Å²) in [7, 11) is 0. The van der Waals surface area contributed by atoms with Crippen LogP contribution in [0.5, 0.6) is 0 Å². The highest BCUT2D eigenvalue weighted by molar-refractivity contribution is 5.81. The van der Waals surface area contributed by atoms with Gasteiger partial charge >= 0.3 is 0 Å². The van der Waals surface area contributed by atoms with Gasteiger partial charge in [-0.2, -0.15) is 4.98 Å². The molecule has 0 fully saturated rings. The van der Waals surface area contributed by atoms with Crippen molar-refractivity contribution in [3.05, 3.63) is 36.2 Å². The minimum Gasteiger partial charge on any atom is -0.453 e. The van der Waals surface area contributed by atoms with E-state index in [0.717, 1.165) is 11.0 Å². The van der Waals surface area contributed by atoms with Crippen LogP contribution < -0.4 is 5.32 Å². The van der Waals surface area contributed by atoms with Crippen molar-refractivity contribution in [2.45, 2.75) is 6.54 Å². The summed E-state index contributed by atoms with van der Waals surface area (Å²) in [5.41, 5.74) is 0.800. The third kappa shape index (κ3) is 2.34. The molecule has 3 rings (SSSR count). The molecule has 1 aromatic carbocycles. The number of rotatable bonds is 4. The molecule has 5 nitrogen and oxygen atoms in total. The van der Waals surface area contributed by atoms with Crippen LogP contribution in [0.15, 0.2) is 39.3 Å². The lowest BCUT2D eigenvalue weighted by atomic mass is 10.2. The smallest absolute Gasteiger partial charge is 0.241 e. The Hall–Kier alpha value is -2.58. The van der Waals surface area contributed by atoms with Crippen LogP contribution in [-0.4, -0.2) is 16.7 Å². The summed E-state index contributed by atoms with van der Waals surface area (Å²) in [6, 6.07) is 9.62. The van der Waals surface area contributed by atoms with Gasteiger partial charge in [-0.05, 0) is 12.1 Å². The van der Waals surface area contributed by atoms with Crippen LogP contribution in [-0.2, 0) is 6.54 Å². The average molecular weight is 253 g/mol. The first kappa shape index (κ1) is 11.5. The third-order valence-electron chi connectivity index (χ3n) is 2.62. The van der Waals surface area contributed by atoms with Gasteiger partial charge < -0.3 is 8.94 Å². The SMILES string of the molecule is C#CCNCc1nc(-c2cc3ccccc3o2)no1. The van der Waals surface area contributed by atoms with Crippen molar-refractivity contribution in [1.82, 2.24) is 15.5 Å². The highest BCUT2D eigenvalue weighted by atomic mass is 16.5. The Labute approximate surface area is 109 Å². The average Bonchev–Trinajstić information content (AvgIpc) is 3.04. The highest BCUT2D eigenvalue weighted by Crippen LogP contribution is 2.25. The molecule has 1 N–H and O–H groups in total. The Morgan fingerprint density at radius 2 is 2.21 bits per heavy atom. The number of para-hydroxylation sites is 1. The topological polar surface area (TPSA) is 64.1 Å². The number of terminal acetylenes is 1. The second-order valence-corrected chi connectivity index (χ2v) is 3.97. The maximum absolute atomic E-state index is 5.66. The van der Waals surface area contributed by atoms with E-state index in [1.54, 1.807) is 0 Å². The first-order valence-electron chi connectivity index (χ1n) is 5.82. The largest absolute Gasteiger partial charge is 0.453 e. The Kier molecular flexibility index (Phi) is 3.01. The van der Waals surface area contributed by atoms with Crippen molar-refractivity contribution in [3.8, 4) is 23.9 Å². The molecule has 0 spiro atoms. The lowest BCUT2D eigenvalue weighted by molar-refractivity contribution is 0.370. The summed E-state index contributed by atoms with van der Waals surface area (Å²) in [6.45, 7) is 0.903. The number of nitrogens with zero attached hydrogens (tertiary/aromatic N) is 2. The Balaban J connectivity index is 1.84. The minimum atomic E-state index is 0.439. The van der Waals surface area contributed by atoms with Gasteiger partial charge in [0.25, 0.3) is 0 Å². The van der Waals surface area contributed by atoms with E-state index in [2.05, 4.69) is 21.4 Å². The van der Waals surface area contributed by atoms with Crippen molar-refractivity contribution in [1.29, 1.82) is 0 Å². The lowest BCUT2D eigenvalue weighted by Gasteiger charge is -1.91. The van der Waals surface area contributed by atoms with Crippen LogP contribution >= 0.6 is 0 Å². The third-order valence-corrected chi connectivity index (χ3v) is 2.62. The molecule has 0 saturated heterocycles. The van der Waals surface area contributed by atoms with E-state index in [9.17, 15) is 0 Å². The first-order chi connectivity index (χ1) is 9.36. The van der Waals surface area contributed by atoms with Crippen molar-refractivity contribution < 1.29 is 8.94 Å². The summed E-state index contributed by atoms with van der Waals surface area (Å²) in [4.78, 5) is 4.24. The molecule has 2 aromatic heterocycles. The number of hydrogen-bond donors (Lipinski definition) is 1. The van der Waals surface area contributed by atoms with E-state index in [1.807, 2.05) is 30.3 Å². The molecule has 0 atom stereocenters. The van der Waals surface area contributed by atoms with E-state index >= 15 is 0 Å². The quantitative estimate of drug-likeness (QED) is 0.570. The molecule has 0 radical (unpaired) electrons. The number of benzene rings is 1. The number of nitrogens with one attached hydrogen (secondary N) is 1. The Morgan fingerprint density at radius 1 is 1.32 bits per heavy atom. The summed E-state index contributed by atoms with van der Waals surface area (Å²) in [5.74, 6) is 3.98. The van der Waals surface area contributed by atoms with Gasteiger partial charge in [-0.1, -0.05) is 29.3 Å². The summed E-state index contributed by atoms with van der Waals surface area (Å²) in [6.07, 6.45) is 5.14. The molecule has 94 valence electrons. The van der Waals surface area contributed by atoms with E-state index in [-0.39, 0.29) is 0 Å². The van der Waals surface area contributed by atoms with Crippen molar-refractivity contribution in [2.75, 3.05) is 6.54 Å². The molecule has 0 bridgehead atoms. The van der Waals surface area contributed by atoms with Gasteiger partial charge in [0.05, 0.1) is 13.1 Å². The molecular formula is C14H11N3O2. The van der Waals surface area contributed by atoms with Crippen LogP contribution in [0.25, 0.3) is 22.6 Å². The molecule has 0 amide bonds. The van der Waals surface area contributed by atoms with Gasteiger partial charge in [-0.15, -0.1) is 6.42 Å². The summed E-state index contributed by atoms with van der Waals surface area (Å²) < 4.78 is 10.8. The van der Waals surface area contributed by atoms with Gasteiger partial charge in [0.2, 0.25) is 11.7 Å². The zero-order valence-electron chi connectivity index (χ0n) is 10.1. The van der Waals surface area contributed by atoms with Gasteiger partial charge in [-0.25, -0.2) is 0 Å². The van der Waals surface area contributed by atoms with Crippen molar-refractivity contribution in [2.24, 2.45) is 0 Å². The van der Waals surface area contributed by atoms with Crippen molar-refractivity contribution >= 4 is 11.0 Å². The lowest BCUT2D eigenvalue weighted by Crippen LogP contribution is -2.13. The Bertz CT molecular complexity index is 703. The van der Waals surface area contributed by atoms with Crippen molar-refractivity contribution in [3.63, 3.8) is 0 Å². The number of fused-ring (bicyclic) bond motifs is 1. The molecule has 3 aromatic rings. The maximum Gasteiger partial charge on any atom is 0.241 e. The van der Waals surface area contributed by atoms with Crippen LogP contribution in [0, 0.1) is 12.3 Å². The second-order valence-electron chi connectivity index (χ2n) is 3.97. The zero-order valence-corrected chi connectivity index (χ0v) is 10.1. The fourth-order valence-corrected chi connectivity index (χ4v) is 1.76. The molecule has 0 unspecified atom stereocenters. The van der Waals surface area contributed by atoms with Crippen LogP contribution in [0.4, 0.5) is 0 Å². The predicted molar refractivity (Wildman–Crippen MR) is 70.0 cm³/mol. The van der Waals surface area contributed by atoms with E-state index in [4.69, 9.17) is 15.4 Å². The molecule has 5 heteroatoms. The number of furan rings is 1. The van der Waals surface area contributed by atoms with Crippen LogP contribution in [0.1, 0.15) is 5.89 Å². The molecule has 2 heterocycles. The molecule has 0 aliphatic heterocycles. The van der Waals surface area contributed by atoms with E-state index in [1.165, 1.54) is 0 Å². The highest BCUT2D eigenvalue weighted by Gasteiger charge is 2.12. The zero-order chi connectivity index (χ0) is 13.1. The molecule has 0 aliphatic rings. The predicted octanol–water partition coefficient (Wildman–Crippen LogP) is 2.21.